The molecule has 0 heteroatoms. The lowest BCUT2D eigenvalue weighted by atomic mass is 9.81. The highest BCUT2D eigenvalue weighted by Gasteiger charge is 2.17. The maximum Gasteiger partial charge on any atom is -0.0152 e. The second-order valence-corrected chi connectivity index (χ2v) is 2.40. The van der Waals surface area contributed by atoms with Gasteiger partial charge in [0.2, 0.25) is 0 Å². The Morgan fingerprint density at radius 1 is 1.75 bits per heavy atom. The van der Waals surface area contributed by atoms with E-state index in [2.05, 4.69) is 12.7 Å². The second kappa shape index (κ2) is 2.19. The number of hydrogen-bond donors (Lipinski definition) is 0. The van der Waals surface area contributed by atoms with E-state index in [1.807, 2.05) is 13.0 Å². The van der Waals surface area contributed by atoms with Gasteiger partial charge in [0.15, 0.2) is 0 Å². The first-order chi connectivity index (χ1) is 3.84. The predicted molar refractivity (Wildman–Crippen MR) is 35.7 cm³/mol. The predicted octanol–water partition coefficient (Wildman–Crippen LogP) is 2.52. The first-order valence-corrected chi connectivity index (χ1v) is 3.24. The lowest BCUT2D eigenvalue weighted by Gasteiger charge is -2.23. The van der Waals surface area contributed by atoms with E-state index in [-0.39, 0.29) is 0 Å². The Morgan fingerprint density at radius 2 is 2.50 bits per heavy atom. The average molecular weight is 108 g/mol. The molecule has 0 aromatic rings. The van der Waals surface area contributed by atoms with Gasteiger partial charge in [-0.1, -0.05) is 6.92 Å². The molecule has 0 bridgehead atoms. The van der Waals surface area contributed by atoms with Crippen LogP contribution in [0.15, 0.2) is 17.4 Å². The molecule has 0 nitrogen and oxygen atoms in total. The van der Waals surface area contributed by atoms with E-state index < -0.39 is 0 Å². The Bertz CT molecular complexity index is 136. The standard InChI is InChI=1S/C8H12/c1-3-4-8-6-5-7(8)2/h3,7H,5-6H2,1-2H3. The van der Waals surface area contributed by atoms with E-state index in [1.54, 1.807) is 0 Å². The molecular formula is C8H12. The molecule has 0 aliphatic heterocycles. The third-order valence-corrected chi connectivity index (χ3v) is 1.77. The van der Waals surface area contributed by atoms with Crippen LogP contribution < -0.4 is 0 Å². The Kier molecular flexibility index (Phi) is 1.55. The van der Waals surface area contributed by atoms with Gasteiger partial charge in [0.05, 0.1) is 0 Å². The molecule has 0 aromatic carbocycles. The molecule has 44 valence electrons. The van der Waals surface area contributed by atoms with Crippen molar-refractivity contribution in [3.8, 4) is 0 Å². The minimum atomic E-state index is 0.825. The molecule has 1 rings (SSSR count). The van der Waals surface area contributed by atoms with Crippen molar-refractivity contribution in [1.29, 1.82) is 0 Å². The number of rotatable bonds is 0. The normalized spacial score (nSPS) is 26.2. The van der Waals surface area contributed by atoms with Crippen molar-refractivity contribution in [1.82, 2.24) is 0 Å². The van der Waals surface area contributed by atoms with Gasteiger partial charge in [-0.3, -0.25) is 0 Å². The van der Waals surface area contributed by atoms with Crippen molar-refractivity contribution in [3.63, 3.8) is 0 Å². The summed E-state index contributed by atoms with van der Waals surface area (Å²) in [6, 6.07) is 0. The van der Waals surface area contributed by atoms with Crippen LogP contribution in [0.1, 0.15) is 26.7 Å². The molecule has 8 heavy (non-hydrogen) atoms. The smallest absolute Gasteiger partial charge is 0.0152 e. The largest absolute Gasteiger partial charge is 0.126 e. The third kappa shape index (κ3) is 0.850. The van der Waals surface area contributed by atoms with Crippen LogP contribution in [0.25, 0.3) is 0 Å². The lowest BCUT2D eigenvalue weighted by molar-refractivity contribution is 0.484. The molecular weight excluding hydrogens is 96.1 g/mol. The summed E-state index contributed by atoms with van der Waals surface area (Å²) in [6.45, 7) is 4.29. The molecule has 1 atom stereocenters. The topological polar surface area (TPSA) is 0 Å². The summed E-state index contributed by atoms with van der Waals surface area (Å²) in [4.78, 5) is 0. The lowest BCUT2D eigenvalue weighted by Crippen LogP contribution is -2.09. The minimum absolute atomic E-state index is 0.825. The van der Waals surface area contributed by atoms with Crippen molar-refractivity contribution in [2.75, 3.05) is 0 Å². The molecule has 0 amide bonds. The molecule has 0 radical (unpaired) electrons. The maximum atomic E-state index is 3.22. The molecule has 0 aromatic heterocycles. The number of allylic oxidation sites excluding steroid dienone is 1. The van der Waals surface area contributed by atoms with Crippen LogP contribution in [-0.2, 0) is 0 Å². The van der Waals surface area contributed by atoms with Gasteiger partial charge in [0.25, 0.3) is 0 Å². The second-order valence-electron chi connectivity index (χ2n) is 2.40. The first kappa shape index (κ1) is 5.65. The summed E-state index contributed by atoms with van der Waals surface area (Å²) in [5.41, 5.74) is 4.73. The van der Waals surface area contributed by atoms with Crippen LogP contribution in [0.2, 0.25) is 0 Å². The van der Waals surface area contributed by atoms with Crippen molar-refractivity contribution in [2.24, 2.45) is 5.92 Å². The van der Waals surface area contributed by atoms with Crippen LogP contribution in [0, 0.1) is 5.92 Å². The molecule has 0 N–H and O–H groups in total. The Labute approximate surface area is 50.9 Å². The molecule has 1 aliphatic carbocycles. The highest BCUT2D eigenvalue weighted by Crippen LogP contribution is 2.31. The SMILES string of the molecule is CC=C=C1CCC1C. The fourth-order valence-corrected chi connectivity index (χ4v) is 0.977. The van der Waals surface area contributed by atoms with Crippen LogP contribution in [0.3, 0.4) is 0 Å². The summed E-state index contributed by atoms with van der Waals surface area (Å²) < 4.78 is 0. The summed E-state index contributed by atoms with van der Waals surface area (Å²) in [5.74, 6) is 0.825. The molecule has 1 fully saturated rings. The highest BCUT2D eigenvalue weighted by molar-refractivity contribution is 5.12. The van der Waals surface area contributed by atoms with Gasteiger partial charge < -0.3 is 0 Å². The van der Waals surface area contributed by atoms with E-state index >= 15 is 0 Å². The van der Waals surface area contributed by atoms with Gasteiger partial charge in [-0.05, 0) is 37.3 Å². The molecule has 0 saturated heterocycles. The molecule has 1 aliphatic rings. The first-order valence-electron chi connectivity index (χ1n) is 3.24. The van der Waals surface area contributed by atoms with Crippen LogP contribution in [0.5, 0.6) is 0 Å². The fraction of sp³-hybridized carbons (Fsp3) is 0.625. The Hall–Kier alpha value is -0.480. The van der Waals surface area contributed by atoms with Crippen molar-refractivity contribution in [2.45, 2.75) is 26.7 Å². The zero-order valence-corrected chi connectivity index (χ0v) is 5.57. The van der Waals surface area contributed by atoms with E-state index in [1.165, 1.54) is 18.4 Å². The minimum Gasteiger partial charge on any atom is -0.126 e. The van der Waals surface area contributed by atoms with Crippen LogP contribution in [-0.4, -0.2) is 0 Å². The van der Waals surface area contributed by atoms with Gasteiger partial charge in [0, 0.05) is 0 Å². The summed E-state index contributed by atoms with van der Waals surface area (Å²) in [7, 11) is 0. The van der Waals surface area contributed by atoms with E-state index in [4.69, 9.17) is 0 Å². The van der Waals surface area contributed by atoms with Gasteiger partial charge >= 0.3 is 0 Å². The quantitative estimate of drug-likeness (QED) is 0.418. The van der Waals surface area contributed by atoms with Gasteiger partial charge in [0.1, 0.15) is 0 Å². The van der Waals surface area contributed by atoms with Gasteiger partial charge in [-0.2, -0.15) is 0 Å². The fourth-order valence-electron chi connectivity index (χ4n) is 0.977. The van der Waals surface area contributed by atoms with Crippen molar-refractivity contribution in [3.05, 3.63) is 17.4 Å². The highest BCUT2D eigenvalue weighted by atomic mass is 14.2. The Morgan fingerprint density at radius 3 is 2.62 bits per heavy atom. The molecule has 0 spiro atoms. The Balaban J connectivity index is 2.61. The molecule has 0 heterocycles. The average Bonchev–Trinajstić information content (AvgIpc) is 1.79. The third-order valence-electron chi connectivity index (χ3n) is 1.77. The summed E-state index contributed by atoms with van der Waals surface area (Å²) in [6.07, 6.45) is 4.66. The van der Waals surface area contributed by atoms with Gasteiger partial charge in [-0.25, -0.2) is 0 Å². The maximum absolute atomic E-state index is 3.22. The van der Waals surface area contributed by atoms with Crippen LogP contribution in [0.4, 0.5) is 0 Å². The zero-order chi connectivity index (χ0) is 5.98. The summed E-state index contributed by atoms with van der Waals surface area (Å²) in [5, 5.41) is 0. The monoisotopic (exact) mass is 108 g/mol. The van der Waals surface area contributed by atoms with Crippen molar-refractivity contribution >= 4 is 0 Å². The molecule has 1 saturated carbocycles. The van der Waals surface area contributed by atoms with Crippen LogP contribution >= 0.6 is 0 Å². The zero-order valence-electron chi connectivity index (χ0n) is 5.57. The van der Waals surface area contributed by atoms with E-state index in [0.717, 1.165) is 5.92 Å². The van der Waals surface area contributed by atoms with Crippen molar-refractivity contribution < 1.29 is 0 Å². The number of hydrogen-bond acceptors (Lipinski definition) is 0. The van der Waals surface area contributed by atoms with Gasteiger partial charge in [-0.15, -0.1) is 5.73 Å². The van der Waals surface area contributed by atoms with E-state index in [9.17, 15) is 0 Å². The summed E-state index contributed by atoms with van der Waals surface area (Å²) >= 11 is 0. The molecule has 1 unspecified atom stereocenters. The van der Waals surface area contributed by atoms with E-state index in [0.29, 0.717) is 0 Å².